The van der Waals surface area contributed by atoms with Gasteiger partial charge in [0.2, 0.25) is 5.91 Å². The summed E-state index contributed by atoms with van der Waals surface area (Å²) in [6.07, 6.45) is 0. The van der Waals surface area contributed by atoms with Gasteiger partial charge in [-0.15, -0.1) is 0 Å². The Balaban J connectivity index is 2.51. The second-order valence-electron chi connectivity index (χ2n) is 4.53. The van der Waals surface area contributed by atoms with Crippen molar-refractivity contribution < 1.29 is 14.4 Å². The molecule has 3 amide bonds. The maximum atomic E-state index is 11.9. The highest BCUT2D eigenvalue weighted by atomic mass is 16.2. The van der Waals surface area contributed by atoms with E-state index in [1.54, 1.807) is 11.9 Å². The summed E-state index contributed by atoms with van der Waals surface area (Å²) >= 11 is 0. The molecular formula is C12H22N4O3. The van der Waals surface area contributed by atoms with Crippen LogP contribution in [-0.2, 0) is 14.4 Å². The summed E-state index contributed by atoms with van der Waals surface area (Å²) in [5, 5.41) is 2.95. The number of piperazine rings is 1. The van der Waals surface area contributed by atoms with E-state index in [9.17, 15) is 14.4 Å². The van der Waals surface area contributed by atoms with E-state index in [2.05, 4.69) is 5.32 Å². The molecule has 7 nitrogen and oxygen atoms in total. The van der Waals surface area contributed by atoms with Crippen LogP contribution in [0.4, 0.5) is 0 Å². The molecule has 0 bridgehead atoms. The van der Waals surface area contributed by atoms with Crippen LogP contribution in [0.15, 0.2) is 0 Å². The third kappa shape index (κ3) is 3.92. The predicted molar refractivity (Wildman–Crippen MR) is 70.4 cm³/mol. The van der Waals surface area contributed by atoms with Gasteiger partial charge in [0.05, 0.1) is 0 Å². The number of rotatable bonds is 6. The van der Waals surface area contributed by atoms with Crippen LogP contribution in [0, 0.1) is 0 Å². The summed E-state index contributed by atoms with van der Waals surface area (Å²) in [5.74, 6) is -1.25. The van der Waals surface area contributed by atoms with E-state index >= 15 is 0 Å². The van der Waals surface area contributed by atoms with Gasteiger partial charge in [-0.3, -0.25) is 14.4 Å². The molecule has 19 heavy (non-hydrogen) atoms. The molecule has 0 aliphatic carbocycles. The Kier molecular flexibility index (Phi) is 5.75. The lowest BCUT2D eigenvalue weighted by molar-refractivity contribution is -0.157. The van der Waals surface area contributed by atoms with E-state index in [1.165, 1.54) is 9.80 Å². The molecule has 0 atom stereocenters. The lowest BCUT2D eigenvalue weighted by Crippen LogP contribution is -2.56. The summed E-state index contributed by atoms with van der Waals surface area (Å²) < 4.78 is 0. The fourth-order valence-electron chi connectivity index (χ4n) is 1.86. The van der Waals surface area contributed by atoms with Crippen LogP contribution in [0.25, 0.3) is 0 Å². The maximum absolute atomic E-state index is 11.9. The smallest absolute Gasteiger partial charge is 0.312 e. The highest BCUT2D eigenvalue weighted by molar-refractivity contribution is 6.35. The van der Waals surface area contributed by atoms with Gasteiger partial charge < -0.3 is 20.0 Å². The Morgan fingerprint density at radius 2 is 1.84 bits per heavy atom. The summed E-state index contributed by atoms with van der Waals surface area (Å²) in [5.41, 5.74) is 0. The predicted octanol–water partition coefficient (Wildman–Crippen LogP) is -1.65. The quantitative estimate of drug-likeness (QED) is 0.587. The van der Waals surface area contributed by atoms with Gasteiger partial charge in [0, 0.05) is 39.8 Å². The van der Waals surface area contributed by atoms with Gasteiger partial charge in [0.15, 0.2) is 0 Å². The van der Waals surface area contributed by atoms with Crippen molar-refractivity contribution in [1.29, 1.82) is 0 Å². The van der Waals surface area contributed by atoms with Crippen LogP contribution >= 0.6 is 0 Å². The topological polar surface area (TPSA) is 73.0 Å². The summed E-state index contributed by atoms with van der Waals surface area (Å²) in [6, 6.07) is 0. The van der Waals surface area contributed by atoms with E-state index in [-0.39, 0.29) is 12.5 Å². The lowest BCUT2D eigenvalue weighted by atomic mass is 10.3. The average molecular weight is 270 g/mol. The van der Waals surface area contributed by atoms with Gasteiger partial charge in [-0.1, -0.05) is 0 Å². The first-order valence-electron chi connectivity index (χ1n) is 6.48. The molecular weight excluding hydrogens is 248 g/mol. The highest BCUT2D eigenvalue weighted by Crippen LogP contribution is 2.05. The fraction of sp³-hybridized carbons (Fsp3) is 0.750. The van der Waals surface area contributed by atoms with E-state index in [4.69, 9.17) is 0 Å². The molecule has 0 unspecified atom stereocenters. The molecule has 1 aliphatic rings. The van der Waals surface area contributed by atoms with Crippen LogP contribution in [-0.4, -0.2) is 85.8 Å². The largest absolute Gasteiger partial charge is 0.343 e. The Labute approximate surface area is 113 Å². The van der Waals surface area contributed by atoms with Crippen molar-refractivity contribution in [3.8, 4) is 0 Å². The monoisotopic (exact) mass is 270 g/mol. The SMILES string of the molecule is CCN1CCN(CC(=O)N(C)CCNC)C(=O)C1=O. The van der Waals surface area contributed by atoms with Crippen molar-refractivity contribution in [3.63, 3.8) is 0 Å². The van der Waals surface area contributed by atoms with Gasteiger partial charge in [-0.2, -0.15) is 0 Å². The molecule has 0 spiro atoms. The number of hydrogen-bond donors (Lipinski definition) is 1. The van der Waals surface area contributed by atoms with Gasteiger partial charge >= 0.3 is 11.8 Å². The second kappa shape index (κ2) is 7.08. The maximum Gasteiger partial charge on any atom is 0.312 e. The Bertz CT molecular complexity index is 359. The first kappa shape index (κ1) is 15.4. The molecule has 1 N–H and O–H groups in total. The normalized spacial score (nSPS) is 15.9. The van der Waals surface area contributed by atoms with E-state index in [0.29, 0.717) is 32.7 Å². The molecule has 0 aromatic heterocycles. The van der Waals surface area contributed by atoms with Crippen LogP contribution in [0.2, 0.25) is 0 Å². The molecule has 0 radical (unpaired) electrons. The highest BCUT2D eigenvalue weighted by Gasteiger charge is 2.32. The minimum atomic E-state index is -0.580. The standard InChI is InChI=1S/C12H22N4O3/c1-4-15-7-8-16(12(19)11(15)18)9-10(17)14(3)6-5-13-2/h13H,4-9H2,1-3H3. The Hall–Kier alpha value is -1.63. The van der Waals surface area contributed by atoms with Crippen molar-refractivity contribution in [2.75, 3.05) is 53.4 Å². The molecule has 0 saturated carbocycles. The number of amides is 3. The van der Waals surface area contributed by atoms with Crippen molar-refractivity contribution in [2.24, 2.45) is 0 Å². The van der Waals surface area contributed by atoms with Crippen LogP contribution in [0.5, 0.6) is 0 Å². The molecule has 7 heteroatoms. The Morgan fingerprint density at radius 3 is 2.42 bits per heavy atom. The molecule has 0 aromatic rings. The third-order valence-electron chi connectivity index (χ3n) is 3.23. The van der Waals surface area contributed by atoms with Crippen LogP contribution < -0.4 is 5.32 Å². The van der Waals surface area contributed by atoms with Crippen molar-refractivity contribution >= 4 is 17.7 Å². The summed E-state index contributed by atoms with van der Waals surface area (Å²) in [4.78, 5) is 39.8. The second-order valence-corrected chi connectivity index (χ2v) is 4.53. The first-order chi connectivity index (χ1) is 9.01. The minimum absolute atomic E-state index is 0.0255. The van der Waals surface area contributed by atoms with Crippen LogP contribution in [0.3, 0.4) is 0 Å². The zero-order valence-electron chi connectivity index (χ0n) is 11.8. The summed E-state index contributed by atoms with van der Waals surface area (Å²) in [7, 11) is 3.50. The first-order valence-corrected chi connectivity index (χ1v) is 6.48. The molecule has 108 valence electrons. The van der Waals surface area contributed by atoms with E-state index in [0.717, 1.165) is 0 Å². The number of carbonyl (C=O) groups is 3. The van der Waals surface area contributed by atoms with Crippen molar-refractivity contribution in [3.05, 3.63) is 0 Å². The van der Waals surface area contributed by atoms with Gasteiger partial charge in [-0.05, 0) is 14.0 Å². The number of nitrogens with one attached hydrogen (secondary N) is 1. The van der Waals surface area contributed by atoms with E-state index in [1.807, 2.05) is 14.0 Å². The van der Waals surface area contributed by atoms with Gasteiger partial charge in [0.1, 0.15) is 6.54 Å². The summed E-state index contributed by atoms with van der Waals surface area (Å²) in [6.45, 7) is 4.51. The zero-order chi connectivity index (χ0) is 14.4. The average Bonchev–Trinajstić information content (AvgIpc) is 2.41. The van der Waals surface area contributed by atoms with E-state index < -0.39 is 11.8 Å². The Morgan fingerprint density at radius 1 is 1.26 bits per heavy atom. The molecule has 0 aromatic carbocycles. The fourth-order valence-corrected chi connectivity index (χ4v) is 1.86. The molecule has 1 saturated heterocycles. The molecule has 1 rings (SSSR count). The molecule has 1 aliphatic heterocycles. The van der Waals surface area contributed by atoms with Crippen molar-refractivity contribution in [2.45, 2.75) is 6.92 Å². The number of likely N-dealkylation sites (N-methyl/N-ethyl adjacent to an activating group) is 3. The van der Waals surface area contributed by atoms with Crippen molar-refractivity contribution in [1.82, 2.24) is 20.0 Å². The number of carbonyl (C=O) groups excluding carboxylic acids is 3. The number of nitrogens with zero attached hydrogens (tertiary/aromatic N) is 3. The zero-order valence-corrected chi connectivity index (χ0v) is 11.8. The minimum Gasteiger partial charge on any atom is -0.343 e. The molecule has 1 heterocycles. The van der Waals surface area contributed by atoms with Crippen LogP contribution in [0.1, 0.15) is 6.92 Å². The molecule has 1 fully saturated rings. The van der Waals surface area contributed by atoms with Gasteiger partial charge in [-0.25, -0.2) is 0 Å². The lowest BCUT2D eigenvalue weighted by Gasteiger charge is -2.33. The third-order valence-corrected chi connectivity index (χ3v) is 3.23. The number of hydrogen-bond acceptors (Lipinski definition) is 4. The van der Waals surface area contributed by atoms with Gasteiger partial charge in [0.25, 0.3) is 0 Å².